The van der Waals surface area contributed by atoms with Gasteiger partial charge in [0.05, 0.1) is 6.04 Å². The Labute approximate surface area is 154 Å². The second-order valence-electron chi connectivity index (χ2n) is 7.13. The number of H-pyrrole nitrogens is 1. The monoisotopic (exact) mass is 347 g/mol. The van der Waals surface area contributed by atoms with Gasteiger partial charge in [-0.05, 0) is 42.3 Å². The topological polar surface area (TPSA) is 62.1 Å². The Hall–Kier alpha value is -2.59. The Morgan fingerprint density at radius 3 is 2.69 bits per heavy atom. The van der Waals surface area contributed by atoms with Gasteiger partial charge in [0.15, 0.2) is 0 Å². The number of hydrogen-bond donors (Lipinski definition) is 2. The molecule has 3 aromatic rings. The molecular weight excluding hydrogens is 322 g/mol. The van der Waals surface area contributed by atoms with Crippen molar-refractivity contribution in [1.82, 2.24) is 9.88 Å². The first-order valence-electron chi connectivity index (χ1n) is 9.40. The van der Waals surface area contributed by atoms with E-state index in [4.69, 9.17) is 5.73 Å². The number of rotatable bonds is 4. The standard InChI is InChI=1S/C22H25N3O/c23-18(16-8-2-1-3-9-16)15-22(26)25-13-7-6-12-21(25)20-14-17-10-4-5-11-19(17)24-20/h1-5,8-11,14,18,21,24H,6-7,12-13,15,23H2. The van der Waals surface area contributed by atoms with E-state index in [1.54, 1.807) is 0 Å². The van der Waals surface area contributed by atoms with Crippen LogP contribution in [0.4, 0.5) is 0 Å². The van der Waals surface area contributed by atoms with Crippen molar-refractivity contribution >= 4 is 16.8 Å². The van der Waals surface area contributed by atoms with Gasteiger partial charge in [-0.2, -0.15) is 0 Å². The predicted molar refractivity (Wildman–Crippen MR) is 105 cm³/mol. The molecule has 4 nitrogen and oxygen atoms in total. The number of aromatic amines is 1. The highest BCUT2D eigenvalue weighted by molar-refractivity contribution is 5.81. The number of nitrogens with zero attached hydrogens (tertiary/aromatic N) is 1. The second kappa shape index (κ2) is 7.34. The van der Waals surface area contributed by atoms with Gasteiger partial charge in [0.2, 0.25) is 5.91 Å². The van der Waals surface area contributed by atoms with Crippen molar-refractivity contribution in [1.29, 1.82) is 0 Å². The third kappa shape index (κ3) is 3.37. The van der Waals surface area contributed by atoms with Crippen molar-refractivity contribution < 1.29 is 4.79 Å². The minimum Gasteiger partial charge on any atom is -0.357 e. The van der Waals surface area contributed by atoms with Gasteiger partial charge in [-0.15, -0.1) is 0 Å². The van der Waals surface area contributed by atoms with Crippen molar-refractivity contribution in [3.8, 4) is 0 Å². The van der Waals surface area contributed by atoms with Crippen LogP contribution in [0.15, 0.2) is 60.7 Å². The molecule has 1 fully saturated rings. The van der Waals surface area contributed by atoms with Gasteiger partial charge >= 0.3 is 0 Å². The fourth-order valence-corrected chi connectivity index (χ4v) is 3.95. The Bertz CT molecular complexity index is 854. The minimum absolute atomic E-state index is 0.117. The lowest BCUT2D eigenvalue weighted by molar-refractivity contribution is -0.135. The zero-order valence-electron chi connectivity index (χ0n) is 14.9. The molecule has 1 aromatic heterocycles. The zero-order chi connectivity index (χ0) is 17.9. The van der Waals surface area contributed by atoms with Crippen molar-refractivity contribution in [2.75, 3.05) is 6.54 Å². The Morgan fingerprint density at radius 2 is 1.88 bits per heavy atom. The largest absolute Gasteiger partial charge is 0.357 e. The Balaban J connectivity index is 1.54. The molecule has 0 saturated carbocycles. The molecule has 3 N–H and O–H groups in total. The number of benzene rings is 2. The number of amides is 1. The van der Waals surface area contributed by atoms with Crippen molar-refractivity contribution in [3.63, 3.8) is 0 Å². The molecule has 1 aliphatic heterocycles. The molecule has 1 saturated heterocycles. The van der Waals surface area contributed by atoms with Gasteiger partial charge in [0, 0.05) is 30.2 Å². The van der Waals surface area contributed by atoms with Gasteiger partial charge in [-0.1, -0.05) is 48.5 Å². The lowest BCUT2D eigenvalue weighted by Gasteiger charge is -2.36. The van der Waals surface area contributed by atoms with Crippen molar-refractivity contribution in [2.24, 2.45) is 5.73 Å². The number of piperidine rings is 1. The molecule has 0 bridgehead atoms. The van der Waals surface area contributed by atoms with Crippen LogP contribution < -0.4 is 5.73 Å². The summed E-state index contributed by atoms with van der Waals surface area (Å²) in [7, 11) is 0. The molecule has 2 atom stereocenters. The maximum atomic E-state index is 13.0. The summed E-state index contributed by atoms with van der Waals surface area (Å²) in [5.41, 5.74) is 9.56. The van der Waals surface area contributed by atoms with E-state index in [-0.39, 0.29) is 18.0 Å². The second-order valence-corrected chi connectivity index (χ2v) is 7.13. The zero-order valence-corrected chi connectivity index (χ0v) is 14.9. The highest BCUT2D eigenvalue weighted by Gasteiger charge is 2.30. The summed E-state index contributed by atoms with van der Waals surface area (Å²) in [6, 6.07) is 20.2. The minimum atomic E-state index is -0.256. The van der Waals surface area contributed by atoms with Gasteiger partial charge in [-0.3, -0.25) is 4.79 Å². The van der Waals surface area contributed by atoms with Crippen LogP contribution in [0.5, 0.6) is 0 Å². The van der Waals surface area contributed by atoms with E-state index < -0.39 is 0 Å². The molecule has 134 valence electrons. The van der Waals surface area contributed by atoms with Gasteiger partial charge in [0.1, 0.15) is 0 Å². The normalized spacial score (nSPS) is 18.8. The van der Waals surface area contributed by atoms with Gasteiger partial charge < -0.3 is 15.6 Å². The molecule has 4 heteroatoms. The number of nitrogens with one attached hydrogen (secondary N) is 1. The fourth-order valence-electron chi connectivity index (χ4n) is 3.95. The molecule has 4 rings (SSSR count). The first-order chi connectivity index (χ1) is 12.7. The number of carbonyl (C=O) groups excluding carboxylic acids is 1. The first kappa shape index (κ1) is 16.9. The van der Waals surface area contributed by atoms with Crippen LogP contribution in [0.1, 0.15) is 49.0 Å². The van der Waals surface area contributed by atoms with Crippen LogP contribution >= 0.6 is 0 Å². The highest BCUT2D eigenvalue weighted by Crippen LogP contribution is 2.33. The SMILES string of the molecule is NC(CC(=O)N1CCCCC1c1cc2ccccc2[nH]1)c1ccccc1. The maximum Gasteiger partial charge on any atom is 0.225 e. The number of carbonyl (C=O) groups is 1. The van der Waals surface area contributed by atoms with E-state index in [9.17, 15) is 4.79 Å². The van der Waals surface area contributed by atoms with Crippen LogP contribution in [0.2, 0.25) is 0 Å². The number of aromatic nitrogens is 1. The van der Waals surface area contributed by atoms with E-state index in [1.165, 1.54) is 5.39 Å². The van der Waals surface area contributed by atoms with Crippen molar-refractivity contribution in [2.45, 2.75) is 37.8 Å². The molecule has 2 aromatic carbocycles. The van der Waals surface area contributed by atoms with Crippen LogP contribution in [-0.2, 0) is 4.79 Å². The van der Waals surface area contributed by atoms with Crippen molar-refractivity contribution in [3.05, 3.63) is 71.9 Å². The summed E-state index contributed by atoms with van der Waals surface area (Å²) in [5.74, 6) is 0.143. The smallest absolute Gasteiger partial charge is 0.225 e. The van der Waals surface area contributed by atoms with Gasteiger partial charge in [0.25, 0.3) is 0 Å². The number of likely N-dealkylation sites (tertiary alicyclic amines) is 1. The Kier molecular flexibility index (Phi) is 4.76. The van der Waals surface area contributed by atoms with Crippen LogP contribution in [0.3, 0.4) is 0 Å². The lowest BCUT2D eigenvalue weighted by atomic mass is 9.97. The van der Waals surface area contributed by atoms with E-state index in [2.05, 4.69) is 23.2 Å². The predicted octanol–water partition coefficient (Wildman–Crippen LogP) is 4.31. The Morgan fingerprint density at radius 1 is 1.12 bits per heavy atom. The van der Waals surface area contributed by atoms with Crippen LogP contribution in [-0.4, -0.2) is 22.3 Å². The molecule has 1 amide bonds. The summed E-state index contributed by atoms with van der Waals surface area (Å²) in [6.45, 7) is 0.806. The van der Waals surface area contributed by atoms with E-state index in [0.717, 1.165) is 42.6 Å². The molecule has 1 aliphatic rings. The third-order valence-corrected chi connectivity index (χ3v) is 5.36. The number of fused-ring (bicyclic) bond motifs is 1. The summed E-state index contributed by atoms with van der Waals surface area (Å²) in [4.78, 5) is 18.5. The average Bonchev–Trinajstić information content (AvgIpc) is 3.12. The van der Waals surface area contributed by atoms with Crippen LogP contribution in [0, 0.1) is 0 Å². The molecule has 0 radical (unpaired) electrons. The summed E-state index contributed by atoms with van der Waals surface area (Å²) < 4.78 is 0. The average molecular weight is 347 g/mol. The summed E-state index contributed by atoms with van der Waals surface area (Å²) in [5, 5.41) is 1.20. The summed E-state index contributed by atoms with van der Waals surface area (Å²) >= 11 is 0. The van der Waals surface area contributed by atoms with Gasteiger partial charge in [-0.25, -0.2) is 0 Å². The number of nitrogens with two attached hydrogens (primary N) is 1. The molecule has 26 heavy (non-hydrogen) atoms. The lowest BCUT2D eigenvalue weighted by Crippen LogP contribution is -2.39. The molecule has 0 aliphatic carbocycles. The van der Waals surface area contributed by atoms with E-state index >= 15 is 0 Å². The van der Waals surface area contributed by atoms with E-state index in [1.807, 2.05) is 47.4 Å². The molecule has 0 spiro atoms. The third-order valence-electron chi connectivity index (χ3n) is 5.36. The highest BCUT2D eigenvalue weighted by atomic mass is 16.2. The van der Waals surface area contributed by atoms with E-state index in [0.29, 0.717) is 6.42 Å². The quantitative estimate of drug-likeness (QED) is 0.738. The molecule has 2 unspecified atom stereocenters. The number of hydrogen-bond acceptors (Lipinski definition) is 2. The summed E-state index contributed by atoms with van der Waals surface area (Å²) in [6.07, 6.45) is 3.55. The molecular formula is C22H25N3O. The maximum absolute atomic E-state index is 13.0. The fraction of sp³-hybridized carbons (Fsp3) is 0.318. The van der Waals surface area contributed by atoms with Crippen LogP contribution in [0.25, 0.3) is 10.9 Å². The first-order valence-corrected chi connectivity index (χ1v) is 9.40. The number of para-hydroxylation sites is 1. The molecule has 2 heterocycles.